The van der Waals surface area contributed by atoms with E-state index in [-0.39, 0.29) is 35.7 Å². The summed E-state index contributed by atoms with van der Waals surface area (Å²) in [4.78, 5) is 20.4. The molecule has 0 bridgehead atoms. The van der Waals surface area contributed by atoms with E-state index in [1.54, 1.807) is 66.9 Å². The molecule has 0 saturated carbocycles. The number of methoxy groups -OCH3 is 1. The Morgan fingerprint density at radius 3 is 2.23 bits per heavy atom. The molecular weight excluding hydrogens is 601 g/mol. The van der Waals surface area contributed by atoms with Crippen molar-refractivity contribution in [3.63, 3.8) is 0 Å². The highest BCUT2D eigenvalue weighted by Crippen LogP contribution is 2.46. The highest BCUT2D eigenvalue weighted by atomic mass is 32.2. The SMILES string of the molecule is C=C(CN([C@@H](Cc1ncc[nH]1)C(=O)OC)S(=O)(=O)c1ccccc1)CC1(C)CN(S(=O)(=O)c2ccccc2)c2ccccc21. The Balaban J connectivity index is 1.49. The number of benzene rings is 3. The van der Waals surface area contributed by atoms with Crippen LogP contribution in [-0.4, -0.2) is 63.3 Å². The predicted octanol–water partition coefficient (Wildman–Crippen LogP) is 4.30. The van der Waals surface area contributed by atoms with Gasteiger partial charge in [0.05, 0.1) is 22.6 Å². The fourth-order valence-electron chi connectivity index (χ4n) is 5.72. The summed E-state index contributed by atoms with van der Waals surface area (Å²) in [5.74, 6) is -0.330. The summed E-state index contributed by atoms with van der Waals surface area (Å²) < 4.78 is 63.2. The van der Waals surface area contributed by atoms with E-state index in [9.17, 15) is 21.6 Å². The number of carbonyl (C=O) groups is 1. The summed E-state index contributed by atoms with van der Waals surface area (Å²) in [5.41, 5.74) is 1.12. The maximum atomic E-state index is 14.1. The standard InChI is InChI=1S/C32H34N4O6S2/c1-24(21-32(2)23-36(28-17-11-10-16-27(28)32)44(40,41)26-14-8-5-9-15-26)22-35(43(38,39)25-12-6-4-7-13-25)29(31(37)42-3)20-30-33-18-19-34-30/h4-19,29H,1,20-23H2,2-3H3,(H,33,34)/t29-,32?/m0/s1. The third-order valence-electron chi connectivity index (χ3n) is 7.78. The molecule has 1 unspecified atom stereocenters. The summed E-state index contributed by atoms with van der Waals surface area (Å²) in [7, 11) is -6.88. The van der Waals surface area contributed by atoms with Crippen molar-refractivity contribution in [1.82, 2.24) is 14.3 Å². The van der Waals surface area contributed by atoms with Crippen LogP contribution >= 0.6 is 0 Å². The van der Waals surface area contributed by atoms with Crippen molar-refractivity contribution in [2.75, 3.05) is 24.5 Å². The number of aromatic nitrogens is 2. The van der Waals surface area contributed by atoms with Gasteiger partial charge in [0.1, 0.15) is 11.9 Å². The van der Waals surface area contributed by atoms with Crippen LogP contribution in [0.5, 0.6) is 0 Å². The maximum Gasteiger partial charge on any atom is 0.324 e. The van der Waals surface area contributed by atoms with Crippen molar-refractivity contribution in [2.24, 2.45) is 0 Å². The molecule has 4 aromatic rings. The Morgan fingerprint density at radius 2 is 1.61 bits per heavy atom. The highest BCUT2D eigenvalue weighted by molar-refractivity contribution is 7.92. The molecule has 0 aliphatic carbocycles. The second-order valence-electron chi connectivity index (χ2n) is 11.0. The number of H-pyrrole nitrogens is 1. The number of imidazole rings is 1. The van der Waals surface area contributed by atoms with Crippen LogP contribution in [0.4, 0.5) is 5.69 Å². The fourth-order valence-corrected chi connectivity index (χ4v) is 8.97. The zero-order chi connectivity index (χ0) is 31.5. The van der Waals surface area contributed by atoms with Crippen molar-refractivity contribution in [3.8, 4) is 0 Å². The van der Waals surface area contributed by atoms with Crippen LogP contribution in [0.2, 0.25) is 0 Å². The Bertz CT molecular complexity index is 1850. The zero-order valence-electron chi connectivity index (χ0n) is 24.5. The molecule has 0 radical (unpaired) electrons. The number of anilines is 1. The number of hydrogen-bond acceptors (Lipinski definition) is 7. The molecule has 44 heavy (non-hydrogen) atoms. The van der Waals surface area contributed by atoms with Gasteiger partial charge in [-0.1, -0.05) is 73.7 Å². The Morgan fingerprint density at radius 1 is 1.00 bits per heavy atom. The number of para-hydroxylation sites is 1. The van der Waals surface area contributed by atoms with Gasteiger partial charge in [0.2, 0.25) is 10.0 Å². The largest absolute Gasteiger partial charge is 0.468 e. The average molecular weight is 635 g/mol. The topological polar surface area (TPSA) is 130 Å². The second-order valence-corrected chi connectivity index (χ2v) is 14.7. The van der Waals surface area contributed by atoms with Gasteiger partial charge >= 0.3 is 5.97 Å². The number of nitrogens with one attached hydrogen (secondary N) is 1. The first-order valence-electron chi connectivity index (χ1n) is 13.9. The molecular formula is C32H34N4O6S2. The molecule has 1 aliphatic rings. The molecule has 0 amide bonds. The van der Waals surface area contributed by atoms with Gasteiger partial charge < -0.3 is 9.72 Å². The molecule has 0 spiro atoms. The van der Waals surface area contributed by atoms with Gasteiger partial charge in [-0.25, -0.2) is 21.8 Å². The van der Waals surface area contributed by atoms with Gasteiger partial charge in [-0.05, 0) is 42.3 Å². The minimum absolute atomic E-state index is 0.0127. The fraction of sp³-hybridized carbons (Fsp3) is 0.250. The monoisotopic (exact) mass is 634 g/mol. The first-order valence-corrected chi connectivity index (χ1v) is 16.8. The van der Waals surface area contributed by atoms with Crippen molar-refractivity contribution in [1.29, 1.82) is 0 Å². The molecule has 10 nitrogen and oxygen atoms in total. The van der Waals surface area contributed by atoms with Gasteiger partial charge in [0, 0.05) is 37.3 Å². The van der Waals surface area contributed by atoms with Gasteiger partial charge in [-0.15, -0.1) is 0 Å². The number of sulfonamides is 2. The molecule has 230 valence electrons. The van der Waals surface area contributed by atoms with E-state index in [0.717, 1.165) is 9.87 Å². The van der Waals surface area contributed by atoms with Crippen LogP contribution in [0.25, 0.3) is 0 Å². The lowest BCUT2D eigenvalue weighted by Gasteiger charge is -2.32. The van der Waals surface area contributed by atoms with Crippen LogP contribution in [0, 0.1) is 0 Å². The molecule has 1 aromatic heterocycles. The average Bonchev–Trinajstić information content (AvgIpc) is 3.65. The quantitative estimate of drug-likeness (QED) is 0.182. The van der Waals surface area contributed by atoms with Crippen LogP contribution in [0.1, 0.15) is 24.7 Å². The number of rotatable bonds is 12. The van der Waals surface area contributed by atoms with Gasteiger partial charge in [0.15, 0.2) is 0 Å². The summed E-state index contributed by atoms with van der Waals surface area (Å²) >= 11 is 0. The lowest BCUT2D eigenvalue weighted by Crippen LogP contribution is -2.48. The third-order valence-corrected chi connectivity index (χ3v) is 11.4. The van der Waals surface area contributed by atoms with Gasteiger partial charge in [-0.3, -0.25) is 9.10 Å². The number of carbonyl (C=O) groups excluding carboxylic acids is 1. The number of ether oxygens (including phenoxy) is 1. The van der Waals surface area contributed by atoms with Gasteiger partial charge in [-0.2, -0.15) is 4.31 Å². The summed E-state index contributed by atoms with van der Waals surface area (Å²) in [6, 6.07) is 22.1. The minimum Gasteiger partial charge on any atom is -0.468 e. The van der Waals surface area contributed by atoms with Crippen molar-refractivity contribution >= 4 is 31.7 Å². The van der Waals surface area contributed by atoms with E-state index < -0.39 is 37.5 Å². The zero-order valence-corrected chi connectivity index (χ0v) is 26.1. The van der Waals surface area contributed by atoms with Crippen molar-refractivity contribution < 1.29 is 26.4 Å². The van der Waals surface area contributed by atoms with E-state index in [4.69, 9.17) is 4.74 Å². The van der Waals surface area contributed by atoms with E-state index in [2.05, 4.69) is 16.5 Å². The van der Waals surface area contributed by atoms with E-state index in [1.165, 1.54) is 29.7 Å². The number of fused-ring (bicyclic) bond motifs is 1. The second kappa shape index (κ2) is 12.4. The minimum atomic E-state index is -4.21. The van der Waals surface area contributed by atoms with E-state index >= 15 is 0 Å². The molecule has 2 heterocycles. The number of esters is 1. The smallest absolute Gasteiger partial charge is 0.324 e. The van der Waals surface area contributed by atoms with Gasteiger partial charge in [0.25, 0.3) is 10.0 Å². The summed E-state index contributed by atoms with van der Waals surface area (Å²) in [6.45, 7) is 6.10. The lowest BCUT2D eigenvalue weighted by molar-refractivity contribution is -0.145. The normalized spacial score (nSPS) is 17.3. The Hall–Kier alpha value is -4.26. The molecule has 12 heteroatoms. The van der Waals surface area contributed by atoms with Crippen LogP contribution in [-0.2, 0) is 41.4 Å². The van der Waals surface area contributed by atoms with E-state index in [0.29, 0.717) is 17.1 Å². The first-order chi connectivity index (χ1) is 21.0. The molecule has 3 aromatic carbocycles. The Kier molecular flexibility index (Phi) is 8.78. The van der Waals surface area contributed by atoms with Crippen LogP contribution in [0.3, 0.4) is 0 Å². The number of nitrogens with zero attached hydrogens (tertiary/aromatic N) is 3. The molecule has 0 saturated heterocycles. The summed E-state index contributed by atoms with van der Waals surface area (Å²) in [5, 5.41) is 0. The van der Waals surface area contributed by atoms with Crippen molar-refractivity contribution in [2.45, 2.75) is 41.0 Å². The van der Waals surface area contributed by atoms with E-state index in [1.807, 2.05) is 19.1 Å². The lowest BCUT2D eigenvalue weighted by atomic mass is 9.79. The van der Waals surface area contributed by atoms with Crippen LogP contribution < -0.4 is 4.31 Å². The number of hydrogen-bond donors (Lipinski definition) is 1. The highest BCUT2D eigenvalue weighted by Gasteiger charge is 2.45. The summed E-state index contributed by atoms with van der Waals surface area (Å²) in [6.07, 6.45) is 3.31. The molecule has 1 N–H and O–H groups in total. The Labute approximate surface area is 258 Å². The molecule has 5 rings (SSSR count). The third kappa shape index (κ3) is 6.05. The molecule has 1 aliphatic heterocycles. The molecule has 2 atom stereocenters. The van der Waals surface area contributed by atoms with Crippen molar-refractivity contribution in [3.05, 3.63) is 121 Å². The number of aromatic amines is 1. The van der Waals surface area contributed by atoms with Crippen LogP contribution in [0.15, 0.2) is 119 Å². The predicted molar refractivity (Wildman–Crippen MR) is 167 cm³/mol. The first kappa shape index (κ1) is 31.2. The maximum absolute atomic E-state index is 14.1. The molecule has 0 fully saturated rings.